The van der Waals surface area contributed by atoms with Crippen molar-refractivity contribution in [1.82, 2.24) is 10.2 Å². The molecule has 0 rings (SSSR count). The molecule has 118 valence electrons. The van der Waals surface area contributed by atoms with Gasteiger partial charge in [-0.3, -0.25) is 0 Å². The Labute approximate surface area is 120 Å². The lowest BCUT2D eigenvalue weighted by atomic mass is 9.99. The predicted octanol–water partition coefficient (Wildman–Crippen LogP) is 0.790. The number of methoxy groups -OCH3 is 2. The average molecular weight is 290 g/mol. The van der Waals surface area contributed by atoms with Gasteiger partial charge in [0.15, 0.2) is 0 Å². The number of hydrogen-bond acceptors (Lipinski definition) is 4. The SMILES string of the molecule is CC[C@H](C)[C@H](NC(=O)N(CCOC)CCOC)C(=O)O. The fourth-order valence-electron chi connectivity index (χ4n) is 1.63. The number of nitrogens with one attached hydrogen (secondary N) is 1. The maximum atomic E-state index is 12.1. The highest BCUT2D eigenvalue weighted by Gasteiger charge is 2.27. The molecule has 2 amide bonds. The topological polar surface area (TPSA) is 88.1 Å². The molecule has 0 aromatic rings. The summed E-state index contributed by atoms with van der Waals surface area (Å²) in [5, 5.41) is 11.7. The molecule has 0 saturated heterocycles. The summed E-state index contributed by atoms with van der Waals surface area (Å²) in [5.41, 5.74) is 0. The summed E-state index contributed by atoms with van der Waals surface area (Å²) in [6, 6.07) is -1.30. The molecule has 0 aromatic heterocycles. The minimum Gasteiger partial charge on any atom is -0.480 e. The van der Waals surface area contributed by atoms with E-state index in [1.807, 2.05) is 6.92 Å². The second kappa shape index (κ2) is 10.4. The largest absolute Gasteiger partial charge is 0.480 e. The van der Waals surface area contributed by atoms with E-state index in [4.69, 9.17) is 9.47 Å². The minimum absolute atomic E-state index is 0.136. The number of urea groups is 1. The summed E-state index contributed by atoms with van der Waals surface area (Å²) in [6.07, 6.45) is 0.674. The van der Waals surface area contributed by atoms with Gasteiger partial charge in [0.2, 0.25) is 0 Å². The third kappa shape index (κ3) is 6.72. The molecule has 0 saturated carbocycles. The smallest absolute Gasteiger partial charge is 0.326 e. The lowest BCUT2D eigenvalue weighted by Gasteiger charge is -2.26. The minimum atomic E-state index is -1.02. The van der Waals surface area contributed by atoms with E-state index in [1.165, 1.54) is 4.90 Å². The maximum absolute atomic E-state index is 12.1. The molecule has 7 heteroatoms. The fourth-order valence-corrected chi connectivity index (χ4v) is 1.63. The van der Waals surface area contributed by atoms with Gasteiger partial charge >= 0.3 is 12.0 Å². The lowest BCUT2D eigenvalue weighted by molar-refractivity contribution is -0.140. The van der Waals surface area contributed by atoms with Crippen LogP contribution in [0.2, 0.25) is 0 Å². The zero-order chi connectivity index (χ0) is 15.5. The quantitative estimate of drug-likeness (QED) is 0.621. The first-order valence-electron chi connectivity index (χ1n) is 6.74. The standard InChI is InChI=1S/C13H26N2O5/c1-5-10(2)11(12(16)17)14-13(18)15(6-8-19-3)7-9-20-4/h10-11H,5-9H2,1-4H3,(H,14,18)(H,16,17)/t10-,11-/m0/s1. The van der Waals surface area contributed by atoms with E-state index in [2.05, 4.69) is 5.32 Å². The van der Waals surface area contributed by atoms with Crippen LogP contribution in [0.3, 0.4) is 0 Å². The molecule has 7 nitrogen and oxygen atoms in total. The van der Waals surface area contributed by atoms with Crippen LogP contribution >= 0.6 is 0 Å². The monoisotopic (exact) mass is 290 g/mol. The third-order valence-electron chi connectivity index (χ3n) is 3.18. The Bertz CT molecular complexity index is 290. The number of amides is 2. The van der Waals surface area contributed by atoms with Crippen LogP contribution in [-0.4, -0.2) is 68.6 Å². The highest BCUT2D eigenvalue weighted by Crippen LogP contribution is 2.08. The lowest BCUT2D eigenvalue weighted by Crippen LogP contribution is -2.51. The van der Waals surface area contributed by atoms with Crippen LogP contribution in [0.1, 0.15) is 20.3 Å². The first kappa shape index (κ1) is 18.7. The summed E-state index contributed by atoms with van der Waals surface area (Å²) in [6.45, 7) is 5.24. The van der Waals surface area contributed by atoms with Gasteiger partial charge in [-0.05, 0) is 5.92 Å². The molecule has 2 N–H and O–H groups in total. The Morgan fingerprint density at radius 3 is 2.05 bits per heavy atom. The van der Waals surface area contributed by atoms with E-state index in [1.54, 1.807) is 21.1 Å². The summed E-state index contributed by atoms with van der Waals surface area (Å²) >= 11 is 0. The van der Waals surface area contributed by atoms with Gasteiger partial charge in [-0.1, -0.05) is 20.3 Å². The van der Waals surface area contributed by atoms with Crippen molar-refractivity contribution < 1.29 is 24.2 Å². The molecule has 0 aromatic carbocycles. The van der Waals surface area contributed by atoms with Gasteiger partial charge in [0, 0.05) is 27.3 Å². The van der Waals surface area contributed by atoms with Crippen LogP contribution in [0, 0.1) is 5.92 Å². The van der Waals surface area contributed by atoms with Gasteiger partial charge in [-0.15, -0.1) is 0 Å². The molecule has 0 heterocycles. The summed E-state index contributed by atoms with van der Waals surface area (Å²) in [7, 11) is 3.09. The zero-order valence-electron chi connectivity index (χ0n) is 12.7. The normalized spacial score (nSPS) is 13.6. The Morgan fingerprint density at radius 2 is 1.70 bits per heavy atom. The molecule has 0 bridgehead atoms. The van der Waals surface area contributed by atoms with Crippen molar-refractivity contribution in [3.8, 4) is 0 Å². The van der Waals surface area contributed by atoms with E-state index in [9.17, 15) is 14.7 Å². The molecule has 2 atom stereocenters. The van der Waals surface area contributed by atoms with Gasteiger partial charge in [-0.25, -0.2) is 9.59 Å². The Hall–Kier alpha value is -1.34. The Kier molecular flexibility index (Phi) is 9.75. The number of ether oxygens (including phenoxy) is 2. The number of aliphatic carboxylic acids is 1. The molecule has 0 aliphatic heterocycles. The van der Waals surface area contributed by atoms with Gasteiger partial charge in [-0.2, -0.15) is 0 Å². The fraction of sp³-hybridized carbons (Fsp3) is 0.846. The first-order chi connectivity index (χ1) is 9.47. The van der Waals surface area contributed by atoms with E-state index < -0.39 is 18.0 Å². The number of nitrogens with zero attached hydrogens (tertiary/aromatic N) is 1. The first-order valence-corrected chi connectivity index (χ1v) is 6.74. The van der Waals surface area contributed by atoms with Crippen molar-refractivity contribution in [2.45, 2.75) is 26.3 Å². The van der Waals surface area contributed by atoms with Crippen LogP contribution in [0.15, 0.2) is 0 Å². The van der Waals surface area contributed by atoms with Crippen LogP contribution in [0.5, 0.6) is 0 Å². The van der Waals surface area contributed by atoms with Crippen molar-refractivity contribution in [2.24, 2.45) is 5.92 Å². The number of hydrogen-bond donors (Lipinski definition) is 2. The second-order valence-corrected chi connectivity index (χ2v) is 4.62. The molecule has 0 spiro atoms. The number of carboxylic acid groups (broad SMARTS) is 1. The van der Waals surface area contributed by atoms with Crippen molar-refractivity contribution in [2.75, 3.05) is 40.5 Å². The third-order valence-corrected chi connectivity index (χ3v) is 3.18. The number of carbonyl (C=O) groups is 2. The van der Waals surface area contributed by atoms with Gasteiger partial charge in [0.1, 0.15) is 6.04 Å². The summed E-state index contributed by atoms with van der Waals surface area (Å²) in [5.74, 6) is -1.16. The molecule has 0 radical (unpaired) electrons. The van der Waals surface area contributed by atoms with Crippen LogP contribution in [-0.2, 0) is 14.3 Å². The van der Waals surface area contributed by atoms with Crippen molar-refractivity contribution >= 4 is 12.0 Å². The molecular formula is C13H26N2O5. The van der Waals surface area contributed by atoms with Gasteiger partial charge in [0.25, 0.3) is 0 Å². The van der Waals surface area contributed by atoms with E-state index in [0.29, 0.717) is 32.7 Å². The highest BCUT2D eigenvalue weighted by atomic mass is 16.5. The second-order valence-electron chi connectivity index (χ2n) is 4.62. The van der Waals surface area contributed by atoms with Gasteiger partial charge in [0.05, 0.1) is 13.2 Å². The Morgan fingerprint density at radius 1 is 1.20 bits per heavy atom. The van der Waals surface area contributed by atoms with E-state index >= 15 is 0 Å². The molecule has 0 fully saturated rings. The molecule has 0 aliphatic carbocycles. The van der Waals surface area contributed by atoms with Crippen molar-refractivity contribution in [3.63, 3.8) is 0 Å². The molecule has 0 aliphatic rings. The molecule has 0 unspecified atom stereocenters. The van der Waals surface area contributed by atoms with Crippen LogP contribution in [0.25, 0.3) is 0 Å². The summed E-state index contributed by atoms with van der Waals surface area (Å²) < 4.78 is 9.89. The zero-order valence-corrected chi connectivity index (χ0v) is 12.7. The molecule has 20 heavy (non-hydrogen) atoms. The Balaban J connectivity index is 4.64. The number of carboxylic acids is 1. The van der Waals surface area contributed by atoms with Gasteiger partial charge < -0.3 is 24.8 Å². The maximum Gasteiger partial charge on any atom is 0.326 e. The van der Waals surface area contributed by atoms with E-state index in [-0.39, 0.29) is 5.92 Å². The summed E-state index contributed by atoms with van der Waals surface area (Å²) in [4.78, 5) is 24.8. The highest BCUT2D eigenvalue weighted by molar-refractivity contribution is 5.82. The van der Waals surface area contributed by atoms with E-state index in [0.717, 1.165) is 0 Å². The van der Waals surface area contributed by atoms with Crippen LogP contribution < -0.4 is 5.32 Å². The van der Waals surface area contributed by atoms with Crippen molar-refractivity contribution in [3.05, 3.63) is 0 Å². The number of carbonyl (C=O) groups excluding carboxylic acids is 1. The predicted molar refractivity (Wildman–Crippen MR) is 74.7 cm³/mol. The number of rotatable bonds is 10. The van der Waals surface area contributed by atoms with Crippen molar-refractivity contribution in [1.29, 1.82) is 0 Å². The van der Waals surface area contributed by atoms with Crippen LogP contribution in [0.4, 0.5) is 4.79 Å². The molecular weight excluding hydrogens is 264 g/mol. The average Bonchev–Trinajstić information content (AvgIpc) is 2.43.